The Balaban J connectivity index is 4.28. The molecule has 9 heteroatoms. The zero-order valence-electron chi connectivity index (χ0n) is 7.40. The summed E-state index contributed by atoms with van der Waals surface area (Å²) >= 11 is 0. The quantitative estimate of drug-likeness (QED) is 0.298. The van der Waals surface area contributed by atoms with Crippen molar-refractivity contribution in [3.05, 3.63) is 0 Å². The highest BCUT2D eigenvalue weighted by molar-refractivity contribution is 7.85. The first-order valence-electron chi connectivity index (χ1n) is 3.71. The summed E-state index contributed by atoms with van der Waals surface area (Å²) in [6, 6.07) is 0. The molecule has 15 heavy (non-hydrogen) atoms. The van der Waals surface area contributed by atoms with Crippen LogP contribution in [0.4, 0.5) is 0 Å². The fourth-order valence-electron chi connectivity index (χ4n) is 0.740. The van der Waals surface area contributed by atoms with E-state index in [2.05, 4.69) is 0 Å². The van der Waals surface area contributed by atoms with Gasteiger partial charge in [0.1, 0.15) is 5.75 Å². The molecular weight excluding hydrogens is 232 g/mol. The number of carbonyl (C=O) groups excluding carboxylic acids is 1. The fourth-order valence-corrected chi connectivity index (χ4v) is 1.39. The van der Waals surface area contributed by atoms with Crippen LogP contribution in [0, 0.1) is 0 Å². The second kappa shape index (κ2) is 5.16. The van der Waals surface area contributed by atoms with Crippen LogP contribution in [0.5, 0.6) is 0 Å². The molecule has 0 spiro atoms. The summed E-state index contributed by atoms with van der Waals surface area (Å²) in [7, 11) is -4.49. The standard InChI is InChI=1S/C6H10O8S/c7-3(1-4(8)6(10)11)5(9)2-15(12,13)14/h3,5,7,9H,1-2H2,(H,10,11)(H,12,13,14). The number of carbonyl (C=O) groups is 2. The average molecular weight is 242 g/mol. The number of carboxylic acid groups (broad SMARTS) is 1. The molecule has 0 saturated heterocycles. The van der Waals surface area contributed by atoms with Gasteiger partial charge in [-0.05, 0) is 0 Å². The number of Topliss-reactive ketones (excluding diaryl/α,β-unsaturated/α-hetero) is 1. The predicted molar refractivity (Wildman–Crippen MR) is 45.7 cm³/mol. The minimum Gasteiger partial charge on any atom is -0.475 e. The monoisotopic (exact) mass is 242 g/mol. The molecule has 0 saturated carbocycles. The summed E-state index contributed by atoms with van der Waals surface area (Å²) in [6.07, 6.45) is -4.69. The van der Waals surface area contributed by atoms with Crippen LogP contribution in [0.2, 0.25) is 0 Å². The van der Waals surface area contributed by atoms with Gasteiger partial charge >= 0.3 is 5.97 Å². The highest BCUT2D eigenvalue weighted by Gasteiger charge is 2.26. The maximum absolute atomic E-state index is 10.5. The molecule has 0 heterocycles. The number of aliphatic carboxylic acids is 1. The average Bonchev–Trinajstić information content (AvgIpc) is 2.00. The van der Waals surface area contributed by atoms with Crippen LogP contribution in [0.3, 0.4) is 0 Å². The van der Waals surface area contributed by atoms with Crippen molar-refractivity contribution in [2.24, 2.45) is 0 Å². The highest BCUT2D eigenvalue weighted by Crippen LogP contribution is 2.03. The van der Waals surface area contributed by atoms with Gasteiger partial charge in [-0.3, -0.25) is 9.35 Å². The zero-order valence-corrected chi connectivity index (χ0v) is 8.22. The van der Waals surface area contributed by atoms with Crippen molar-refractivity contribution >= 4 is 21.9 Å². The third kappa shape index (κ3) is 6.12. The van der Waals surface area contributed by atoms with Gasteiger partial charge in [-0.2, -0.15) is 8.42 Å². The number of ketones is 1. The van der Waals surface area contributed by atoms with E-state index in [0.717, 1.165) is 0 Å². The van der Waals surface area contributed by atoms with Gasteiger partial charge in [0.15, 0.2) is 0 Å². The normalized spacial score (nSPS) is 15.7. The van der Waals surface area contributed by atoms with E-state index < -0.39 is 46.3 Å². The lowest BCUT2D eigenvalue weighted by Gasteiger charge is -2.14. The highest BCUT2D eigenvalue weighted by atomic mass is 32.2. The number of hydrogen-bond donors (Lipinski definition) is 4. The van der Waals surface area contributed by atoms with Crippen LogP contribution >= 0.6 is 0 Å². The lowest BCUT2D eigenvalue weighted by Crippen LogP contribution is -2.35. The van der Waals surface area contributed by atoms with Crippen LogP contribution in [0.15, 0.2) is 0 Å². The molecule has 0 amide bonds. The lowest BCUT2D eigenvalue weighted by atomic mass is 10.1. The SMILES string of the molecule is O=C(O)C(=O)CC(O)C(O)CS(=O)(=O)O. The number of rotatable bonds is 6. The molecule has 8 nitrogen and oxygen atoms in total. The maximum atomic E-state index is 10.5. The van der Waals surface area contributed by atoms with E-state index in [4.69, 9.17) is 19.9 Å². The van der Waals surface area contributed by atoms with Crippen molar-refractivity contribution in [1.29, 1.82) is 0 Å². The van der Waals surface area contributed by atoms with Gasteiger partial charge in [-0.15, -0.1) is 0 Å². The van der Waals surface area contributed by atoms with Crippen molar-refractivity contribution in [3.8, 4) is 0 Å². The summed E-state index contributed by atoms with van der Waals surface area (Å²) in [4.78, 5) is 20.6. The number of aliphatic hydroxyl groups excluding tert-OH is 2. The maximum Gasteiger partial charge on any atom is 0.372 e. The van der Waals surface area contributed by atoms with Gasteiger partial charge in [-0.1, -0.05) is 0 Å². The lowest BCUT2D eigenvalue weighted by molar-refractivity contribution is -0.150. The Labute approximate surface area is 84.9 Å². The van der Waals surface area contributed by atoms with Crippen molar-refractivity contribution in [2.75, 3.05) is 5.75 Å². The van der Waals surface area contributed by atoms with Gasteiger partial charge in [-0.25, -0.2) is 4.79 Å². The van der Waals surface area contributed by atoms with Crippen molar-refractivity contribution in [3.63, 3.8) is 0 Å². The Hall–Kier alpha value is -1.03. The molecule has 0 rings (SSSR count). The molecule has 0 aromatic heterocycles. The van der Waals surface area contributed by atoms with E-state index in [-0.39, 0.29) is 0 Å². The van der Waals surface area contributed by atoms with Crippen LogP contribution in [-0.4, -0.2) is 58.0 Å². The molecular formula is C6H10O8S. The molecule has 0 aliphatic heterocycles. The molecule has 0 aliphatic carbocycles. The Kier molecular flexibility index (Phi) is 4.81. The van der Waals surface area contributed by atoms with Crippen LogP contribution in [-0.2, 0) is 19.7 Å². The summed E-state index contributed by atoms with van der Waals surface area (Å²) < 4.78 is 28.8. The van der Waals surface area contributed by atoms with Crippen LogP contribution < -0.4 is 0 Å². The smallest absolute Gasteiger partial charge is 0.372 e. The molecule has 2 atom stereocenters. The summed E-state index contributed by atoms with van der Waals surface area (Å²) in [5.41, 5.74) is 0. The third-order valence-corrected chi connectivity index (χ3v) is 2.22. The van der Waals surface area contributed by atoms with E-state index in [1.54, 1.807) is 0 Å². The summed E-state index contributed by atoms with van der Waals surface area (Å²) in [6.45, 7) is 0. The molecule has 0 radical (unpaired) electrons. The molecule has 0 fully saturated rings. The number of hydrogen-bond acceptors (Lipinski definition) is 6. The van der Waals surface area contributed by atoms with E-state index in [0.29, 0.717) is 0 Å². The van der Waals surface area contributed by atoms with Crippen LogP contribution in [0.25, 0.3) is 0 Å². The van der Waals surface area contributed by atoms with E-state index in [1.165, 1.54) is 0 Å². The molecule has 4 N–H and O–H groups in total. The second-order valence-electron chi connectivity index (χ2n) is 2.82. The Bertz CT molecular complexity index is 344. The first-order chi connectivity index (χ1) is 6.63. The van der Waals surface area contributed by atoms with Crippen LogP contribution in [0.1, 0.15) is 6.42 Å². The van der Waals surface area contributed by atoms with Crippen molar-refractivity contribution in [2.45, 2.75) is 18.6 Å². The zero-order chi connectivity index (χ0) is 12.2. The molecule has 2 unspecified atom stereocenters. The van der Waals surface area contributed by atoms with Gasteiger partial charge in [0, 0.05) is 6.42 Å². The van der Waals surface area contributed by atoms with E-state index in [9.17, 15) is 18.0 Å². The van der Waals surface area contributed by atoms with E-state index >= 15 is 0 Å². The molecule has 0 aliphatic rings. The van der Waals surface area contributed by atoms with E-state index in [1.807, 2.05) is 0 Å². The summed E-state index contributed by atoms with van der Waals surface area (Å²) in [5.74, 6) is -4.33. The fraction of sp³-hybridized carbons (Fsp3) is 0.667. The molecule has 0 aromatic rings. The Morgan fingerprint density at radius 3 is 1.93 bits per heavy atom. The van der Waals surface area contributed by atoms with Crippen molar-refractivity contribution < 1.29 is 37.9 Å². The molecule has 88 valence electrons. The number of carboxylic acids is 1. The largest absolute Gasteiger partial charge is 0.475 e. The topological polar surface area (TPSA) is 149 Å². The third-order valence-electron chi connectivity index (χ3n) is 1.46. The van der Waals surface area contributed by atoms with Gasteiger partial charge < -0.3 is 15.3 Å². The van der Waals surface area contributed by atoms with Crippen molar-refractivity contribution in [1.82, 2.24) is 0 Å². The van der Waals surface area contributed by atoms with Gasteiger partial charge in [0.2, 0.25) is 5.78 Å². The summed E-state index contributed by atoms with van der Waals surface area (Å²) in [5, 5.41) is 26.1. The Morgan fingerprint density at radius 2 is 1.60 bits per heavy atom. The predicted octanol–water partition coefficient (Wildman–Crippen LogP) is -2.36. The minimum absolute atomic E-state index is 0.925. The van der Waals surface area contributed by atoms with Gasteiger partial charge in [0.05, 0.1) is 12.2 Å². The molecule has 0 bridgehead atoms. The first kappa shape index (κ1) is 14.0. The minimum atomic E-state index is -4.49. The molecule has 0 aromatic carbocycles. The number of aliphatic hydroxyl groups is 2. The first-order valence-corrected chi connectivity index (χ1v) is 5.32. The second-order valence-corrected chi connectivity index (χ2v) is 4.31. The van der Waals surface area contributed by atoms with Gasteiger partial charge in [0.25, 0.3) is 10.1 Å². The Morgan fingerprint density at radius 1 is 1.13 bits per heavy atom.